The van der Waals surface area contributed by atoms with Crippen molar-refractivity contribution in [2.24, 2.45) is 14.1 Å². The van der Waals surface area contributed by atoms with Crippen molar-refractivity contribution in [1.29, 1.82) is 0 Å². The second-order valence-corrected chi connectivity index (χ2v) is 11.1. The number of amides is 3. The summed E-state index contributed by atoms with van der Waals surface area (Å²) in [5.41, 5.74) is 3.38. The van der Waals surface area contributed by atoms with Gasteiger partial charge in [0.1, 0.15) is 11.6 Å². The lowest BCUT2D eigenvalue weighted by Crippen LogP contribution is -2.50. The first kappa shape index (κ1) is 32.0. The molecule has 1 unspecified atom stereocenters. The third-order valence-electron chi connectivity index (χ3n) is 8.19. The van der Waals surface area contributed by atoms with E-state index >= 15 is 4.39 Å². The Bertz CT molecular complexity index is 2020. The smallest absolute Gasteiger partial charge is 0.346 e. The summed E-state index contributed by atoms with van der Waals surface area (Å²) in [6.45, 7) is 3.77. The number of carbonyl (C=O) groups excluding carboxylic acids is 3. The first-order valence-electron chi connectivity index (χ1n) is 14.5. The molecule has 4 aromatic rings. The number of piperidine rings is 1. The van der Waals surface area contributed by atoms with Crippen LogP contribution in [0.2, 0.25) is 0 Å². The van der Waals surface area contributed by atoms with E-state index in [9.17, 15) is 24.0 Å². The van der Waals surface area contributed by atoms with Crippen molar-refractivity contribution >= 4 is 23.4 Å². The maximum atomic E-state index is 15.6. The van der Waals surface area contributed by atoms with Crippen molar-refractivity contribution < 1.29 is 23.5 Å². The van der Waals surface area contributed by atoms with Gasteiger partial charge >= 0.3 is 5.69 Å². The SMILES string of the molecule is COc1cc(-c2cccc(-c3cccc(NC(=O)c4nn(C)c(=O)n(C)c4=O)c3C)c2C)cc(F)c1CNC1CCC(=O)NC1=O. The quantitative estimate of drug-likeness (QED) is 0.252. The van der Waals surface area contributed by atoms with E-state index in [0.717, 1.165) is 37.1 Å². The highest BCUT2D eigenvalue weighted by atomic mass is 19.1. The maximum Gasteiger partial charge on any atom is 0.346 e. The van der Waals surface area contributed by atoms with Gasteiger partial charge in [-0.1, -0.05) is 30.3 Å². The molecular formula is C33H33FN6O6. The number of anilines is 1. The standard InChI is InChI=1S/C33H33FN6O6/c1-17-20(19-14-24(34)23(27(15-19)46-5)16-35-26-12-13-28(41)37-30(26)42)8-6-9-21(17)22-10-7-11-25(18(22)2)36-31(43)29-32(44)39(3)33(45)40(4)38-29/h6-11,14-15,26,35H,12-13,16H2,1-5H3,(H,36,43)(H,37,41,42). The molecule has 3 aromatic carbocycles. The molecule has 13 heteroatoms. The van der Waals surface area contributed by atoms with E-state index in [0.29, 0.717) is 23.4 Å². The van der Waals surface area contributed by atoms with Crippen molar-refractivity contribution in [3.63, 3.8) is 0 Å². The number of ether oxygens (including phenoxy) is 1. The predicted octanol–water partition coefficient (Wildman–Crippen LogP) is 2.72. The molecule has 2 heterocycles. The number of benzene rings is 3. The van der Waals surface area contributed by atoms with Crippen LogP contribution in [0.15, 0.2) is 58.1 Å². The normalized spacial score (nSPS) is 14.6. The van der Waals surface area contributed by atoms with E-state index < -0.39 is 40.6 Å². The number of aromatic nitrogens is 3. The highest BCUT2D eigenvalue weighted by molar-refractivity contribution is 6.03. The average molecular weight is 629 g/mol. The van der Waals surface area contributed by atoms with Gasteiger partial charge in [0.2, 0.25) is 17.5 Å². The van der Waals surface area contributed by atoms with E-state index in [2.05, 4.69) is 21.0 Å². The zero-order valence-electron chi connectivity index (χ0n) is 26.0. The summed E-state index contributed by atoms with van der Waals surface area (Å²) in [4.78, 5) is 61.2. The van der Waals surface area contributed by atoms with Crippen LogP contribution in [-0.4, -0.2) is 45.2 Å². The number of hydrogen-bond donors (Lipinski definition) is 3. The van der Waals surface area contributed by atoms with Crippen LogP contribution in [0.5, 0.6) is 5.75 Å². The van der Waals surface area contributed by atoms with Crippen LogP contribution < -0.4 is 31.9 Å². The Morgan fingerprint density at radius 2 is 1.70 bits per heavy atom. The summed E-state index contributed by atoms with van der Waals surface area (Å²) in [6, 6.07) is 13.5. The van der Waals surface area contributed by atoms with Crippen molar-refractivity contribution in [1.82, 2.24) is 25.0 Å². The van der Waals surface area contributed by atoms with Gasteiger partial charge in [0, 0.05) is 38.3 Å². The Kier molecular flexibility index (Phi) is 8.96. The summed E-state index contributed by atoms with van der Waals surface area (Å²) >= 11 is 0. The molecular weight excluding hydrogens is 595 g/mol. The molecule has 1 fully saturated rings. The van der Waals surface area contributed by atoms with Crippen molar-refractivity contribution in [3.05, 3.63) is 97.6 Å². The van der Waals surface area contributed by atoms with Gasteiger partial charge in [-0.3, -0.25) is 29.1 Å². The minimum atomic E-state index is -0.807. The molecule has 238 valence electrons. The fourth-order valence-electron chi connectivity index (χ4n) is 5.56. The van der Waals surface area contributed by atoms with Crippen molar-refractivity contribution in [2.45, 2.75) is 39.3 Å². The number of carbonyl (C=O) groups is 3. The van der Waals surface area contributed by atoms with E-state index in [-0.39, 0.29) is 24.4 Å². The zero-order chi connectivity index (χ0) is 33.3. The third-order valence-corrected chi connectivity index (χ3v) is 8.19. The molecule has 1 aromatic heterocycles. The zero-order valence-corrected chi connectivity index (χ0v) is 26.0. The first-order valence-corrected chi connectivity index (χ1v) is 14.5. The van der Waals surface area contributed by atoms with Crippen molar-refractivity contribution in [3.8, 4) is 28.0 Å². The molecule has 1 atom stereocenters. The number of nitrogens with one attached hydrogen (secondary N) is 3. The predicted molar refractivity (Wildman–Crippen MR) is 169 cm³/mol. The monoisotopic (exact) mass is 628 g/mol. The van der Waals surface area contributed by atoms with Crippen molar-refractivity contribution in [2.75, 3.05) is 12.4 Å². The topological polar surface area (TPSA) is 153 Å². The largest absolute Gasteiger partial charge is 0.496 e. The Morgan fingerprint density at radius 1 is 1.02 bits per heavy atom. The molecule has 0 bridgehead atoms. The number of rotatable bonds is 8. The fourth-order valence-corrected chi connectivity index (χ4v) is 5.56. The van der Waals surface area contributed by atoms with Gasteiger partial charge in [0.25, 0.3) is 11.5 Å². The van der Waals surface area contributed by atoms with Gasteiger partial charge < -0.3 is 15.4 Å². The minimum Gasteiger partial charge on any atom is -0.496 e. The van der Waals surface area contributed by atoms with Gasteiger partial charge in [0.05, 0.1) is 13.2 Å². The van der Waals surface area contributed by atoms with Gasteiger partial charge in [-0.05, 0) is 71.8 Å². The van der Waals surface area contributed by atoms with Crippen LogP contribution in [0.3, 0.4) is 0 Å². The Balaban J connectivity index is 1.44. The minimum absolute atomic E-state index is 0.0270. The molecule has 3 N–H and O–H groups in total. The lowest BCUT2D eigenvalue weighted by atomic mass is 9.90. The van der Waals surface area contributed by atoms with Crippen LogP contribution >= 0.6 is 0 Å². The molecule has 0 aliphatic carbocycles. The van der Waals surface area contributed by atoms with Gasteiger partial charge in [0.15, 0.2) is 0 Å². The summed E-state index contributed by atoms with van der Waals surface area (Å²) in [7, 11) is 4.08. The van der Waals surface area contributed by atoms with Crippen LogP contribution in [0, 0.1) is 19.7 Å². The lowest BCUT2D eigenvalue weighted by molar-refractivity contribution is -0.134. The summed E-state index contributed by atoms with van der Waals surface area (Å²) < 4.78 is 22.9. The number of halogens is 1. The highest BCUT2D eigenvalue weighted by Crippen LogP contribution is 2.37. The molecule has 0 saturated carbocycles. The number of imide groups is 1. The van der Waals surface area contributed by atoms with Crippen LogP contribution in [0.4, 0.5) is 10.1 Å². The summed E-state index contributed by atoms with van der Waals surface area (Å²) in [5, 5.41) is 11.9. The van der Waals surface area contributed by atoms with E-state index in [1.165, 1.54) is 27.3 Å². The molecule has 5 rings (SSSR count). The van der Waals surface area contributed by atoms with E-state index in [1.54, 1.807) is 18.2 Å². The van der Waals surface area contributed by atoms with E-state index in [4.69, 9.17) is 4.74 Å². The molecule has 1 saturated heterocycles. The van der Waals surface area contributed by atoms with E-state index in [1.807, 2.05) is 38.1 Å². The second kappa shape index (κ2) is 12.9. The third kappa shape index (κ3) is 6.09. The molecule has 12 nitrogen and oxygen atoms in total. The van der Waals surface area contributed by atoms with Crippen LogP contribution in [-0.2, 0) is 30.2 Å². The van der Waals surface area contributed by atoms with Crippen LogP contribution in [0.25, 0.3) is 22.3 Å². The first-order chi connectivity index (χ1) is 21.9. The molecule has 1 aliphatic heterocycles. The molecule has 0 radical (unpaired) electrons. The second-order valence-electron chi connectivity index (χ2n) is 11.1. The van der Waals surface area contributed by atoms with Gasteiger partial charge in [-0.15, -0.1) is 0 Å². The molecule has 3 amide bonds. The number of hydrogen-bond acceptors (Lipinski definition) is 8. The highest BCUT2D eigenvalue weighted by Gasteiger charge is 2.27. The van der Waals surface area contributed by atoms with Gasteiger partial charge in [-0.2, -0.15) is 5.10 Å². The number of nitrogens with zero attached hydrogens (tertiary/aromatic N) is 3. The summed E-state index contributed by atoms with van der Waals surface area (Å²) in [6.07, 6.45) is 0.532. The summed E-state index contributed by atoms with van der Waals surface area (Å²) in [5.74, 6) is -1.73. The van der Waals surface area contributed by atoms with Crippen LogP contribution in [0.1, 0.15) is 40.0 Å². The Morgan fingerprint density at radius 3 is 2.39 bits per heavy atom. The Hall–Kier alpha value is -5.43. The molecule has 1 aliphatic rings. The molecule has 46 heavy (non-hydrogen) atoms. The lowest BCUT2D eigenvalue weighted by Gasteiger charge is -2.23. The average Bonchev–Trinajstić information content (AvgIpc) is 3.02. The molecule has 0 spiro atoms. The maximum absolute atomic E-state index is 15.6. The number of aryl methyl sites for hydroxylation is 1. The van der Waals surface area contributed by atoms with Gasteiger partial charge in [-0.25, -0.2) is 13.9 Å². The fraction of sp³-hybridized carbons (Fsp3) is 0.273. The number of methoxy groups -OCH3 is 1. The Labute approximate surface area is 263 Å².